The van der Waals surface area contributed by atoms with E-state index in [-0.39, 0.29) is 5.28 Å². The molecule has 0 amide bonds. The van der Waals surface area contributed by atoms with Crippen molar-refractivity contribution in [2.75, 3.05) is 30.4 Å². The lowest BCUT2D eigenvalue weighted by atomic mass is 10.2. The number of piperidine rings is 1. The van der Waals surface area contributed by atoms with Crippen molar-refractivity contribution >= 4 is 23.5 Å². The first-order chi connectivity index (χ1) is 8.78. The van der Waals surface area contributed by atoms with Crippen molar-refractivity contribution in [3.05, 3.63) is 5.28 Å². The maximum Gasteiger partial charge on any atom is 0.243 e. The molecular formula is C11H19ClN6. The summed E-state index contributed by atoms with van der Waals surface area (Å²) in [4.78, 5) is 12.4. The van der Waals surface area contributed by atoms with E-state index >= 15 is 0 Å². The van der Waals surface area contributed by atoms with Crippen LogP contribution in [-0.4, -0.2) is 39.6 Å². The highest BCUT2D eigenvalue weighted by Crippen LogP contribution is 2.13. The molecule has 0 saturated carbocycles. The Morgan fingerprint density at radius 3 is 2.56 bits per heavy atom. The van der Waals surface area contributed by atoms with Gasteiger partial charge in [-0.2, -0.15) is 15.0 Å². The minimum Gasteiger partial charge on any atom is -0.354 e. The summed E-state index contributed by atoms with van der Waals surface area (Å²) in [5.41, 5.74) is 3.19. The molecule has 6 nitrogen and oxygen atoms in total. The van der Waals surface area contributed by atoms with E-state index in [9.17, 15) is 0 Å². The molecular weight excluding hydrogens is 252 g/mol. The molecule has 2 rings (SSSR count). The number of hydrogen-bond donors (Lipinski definition) is 2. The van der Waals surface area contributed by atoms with Crippen LogP contribution in [0.1, 0.15) is 32.6 Å². The van der Waals surface area contributed by atoms with E-state index in [1.807, 2.05) is 0 Å². The molecule has 0 aliphatic carbocycles. The standard InChI is InChI=1S/C11H19ClN6/c1-2-6-13-10-14-9(12)15-11(16-10)17-18-7-4-3-5-8-18/h2-8H2,1H3,(H2,13,14,15,16,17). The molecule has 1 saturated heterocycles. The molecule has 1 fully saturated rings. The molecule has 18 heavy (non-hydrogen) atoms. The Balaban J connectivity index is 1.99. The summed E-state index contributed by atoms with van der Waals surface area (Å²) in [6.07, 6.45) is 4.71. The zero-order chi connectivity index (χ0) is 12.8. The lowest BCUT2D eigenvalue weighted by Crippen LogP contribution is -2.35. The zero-order valence-electron chi connectivity index (χ0n) is 10.6. The number of nitrogens with one attached hydrogen (secondary N) is 2. The first-order valence-electron chi connectivity index (χ1n) is 6.45. The van der Waals surface area contributed by atoms with Crippen LogP contribution < -0.4 is 10.7 Å². The van der Waals surface area contributed by atoms with E-state index < -0.39 is 0 Å². The fourth-order valence-corrected chi connectivity index (χ4v) is 2.02. The van der Waals surface area contributed by atoms with Crippen LogP contribution in [0, 0.1) is 0 Å². The maximum atomic E-state index is 5.89. The minimum absolute atomic E-state index is 0.211. The Labute approximate surface area is 112 Å². The first-order valence-corrected chi connectivity index (χ1v) is 6.83. The summed E-state index contributed by atoms with van der Waals surface area (Å²) in [6.45, 7) is 4.94. The largest absolute Gasteiger partial charge is 0.354 e. The lowest BCUT2D eigenvalue weighted by Gasteiger charge is -2.26. The van der Waals surface area contributed by atoms with Crippen molar-refractivity contribution in [3.63, 3.8) is 0 Å². The van der Waals surface area contributed by atoms with E-state index in [1.54, 1.807) is 0 Å². The van der Waals surface area contributed by atoms with Crippen LogP contribution in [0.2, 0.25) is 5.28 Å². The van der Waals surface area contributed by atoms with Gasteiger partial charge in [-0.05, 0) is 30.9 Å². The minimum atomic E-state index is 0.211. The molecule has 2 heterocycles. The van der Waals surface area contributed by atoms with Gasteiger partial charge in [0.25, 0.3) is 0 Å². The number of halogens is 1. The second kappa shape index (κ2) is 6.70. The second-order valence-corrected chi connectivity index (χ2v) is 4.68. The van der Waals surface area contributed by atoms with E-state index in [4.69, 9.17) is 11.6 Å². The van der Waals surface area contributed by atoms with Gasteiger partial charge in [-0.1, -0.05) is 13.3 Å². The van der Waals surface area contributed by atoms with Gasteiger partial charge in [-0.3, -0.25) is 5.43 Å². The Kier molecular flexibility index (Phi) is 4.95. The van der Waals surface area contributed by atoms with Crippen LogP contribution in [-0.2, 0) is 0 Å². The Bertz CT molecular complexity index is 380. The van der Waals surface area contributed by atoms with Crippen molar-refractivity contribution in [3.8, 4) is 0 Å². The van der Waals surface area contributed by atoms with Crippen LogP contribution in [0.5, 0.6) is 0 Å². The van der Waals surface area contributed by atoms with Crippen molar-refractivity contribution in [1.29, 1.82) is 0 Å². The quantitative estimate of drug-likeness (QED) is 0.855. The van der Waals surface area contributed by atoms with E-state index in [0.29, 0.717) is 11.9 Å². The molecule has 0 unspecified atom stereocenters. The topological polar surface area (TPSA) is 66.0 Å². The third-order valence-electron chi connectivity index (χ3n) is 2.76. The normalized spacial score (nSPS) is 16.6. The van der Waals surface area contributed by atoms with Gasteiger partial charge in [0.2, 0.25) is 17.2 Å². The predicted octanol–water partition coefficient (Wildman–Crippen LogP) is 2.16. The number of rotatable bonds is 5. The molecule has 1 aliphatic rings. The van der Waals surface area contributed by atoms with E-state index in [1.165, 1.54) is 19.3 Å². The van der Waals surface area contributed by atoms with E-state index in [0.717, 1.165) is 26.1 Å². The predicted molar refractivity (Wildman–Crippen MR) is 72.7 cm³/mol. The lowest BCUT2D eigenvalue weighted by molar-refractivity contribution is 0.271. The van der Waals surface area contributed by atoms with Crippen molar-refractivity contribution in [2.24, 2.45) is 0 Å². The summed E-state index contributed by atoms with van der Waals surface area (Å²) in [7, 11) is 0. The highest BCUT2D eigenvalue weighted by Gasteiger charge is 2.12. The van der Waals surface area contributed by atoms with Gasteiger partial charge >= 0.3 is 0 Å². The third kappa shape index (κ3) is 3.96. The molecule has 0 atom stereocenters. The Hall–Kier alpha value is -1.14. The summed E-state index contributed by atoms with van der Waals surface area (Å²) in [5, 5.41) is 5.44. The fraction of sp³-hybridized carbons (Fsp3) is 0.727. The van der Waals surface area contributed by atoms with Gasteiger partial charge in [-0.25, -0.2) is 5.01 Å². The molecule has 2 N–H and O–H groups in total. The molecule has 0 bridgehead atoms. The average molecular weight is 271 g/mol. The smallest absolute Gasteiger partial charge is 0.243 e. The zero-order valence-corrected chi connectivity index (χ0v) is 11.4. The highest BCUT2D eigenvalue weighted by molar-refractivity contribution is 6.28. The van der Waals surface area contributed by atoms with Gasteiger partial charge in [0.1, 0.15) is 0 Å². The Morgan fingerprint density at radius 1 is 1.11 bits per heavy atom. The van der Waals surface area contributed by atoms with Gasteiger partial charge in [-0.15, -0.1) is 0 Å². The van der Waals surface area contributed by atoms with Crippen LogP contribution >= 0.6 is 11.6 Å². The SMILES string of the molecule is CCCNc1nc(Cl)nc(NN2CCCCC2)n1. The summed E-state index contributed by atoms with van der Waals surface area (Å²) >= 11 is 5.89. The van der Waals surface area contributed by atoms with Crippen LogP contribution in [0.25, 0.3) is 0 Å². The molecule has 100 valence electrons. The van der Waals surface area contributed by atoms with Crippen LogP contribution in [0.4, 0.5) is 11.9 Å². The molecule has 0 radical (unpaired) electrons. The monoisotopic (exact) mass is 270 g/mol. The molecule has 1 aromatic heterocycles. The number of hydrogen-bond acceptors (Lipinski definition) is 6. The van der Waals surface area contributed by atoms with Gasteiger partial charge in [0, 0.05) is 19.6 Å². The second-order valence-electron chi connectivity index (χ2n) is 4.34. The third-order valence-corrected chi connectivity index (χ3v) is 2.92. The number of anilines is 2. The number of nitrogens with zero attached hydrogens (tertiary/aromatic N) is 4. The summed E-state index contributed by atoms with van der Waals surface area (Å²) in [6, 6.07) is 0. The molecule has 1 aromatic rings. The number of hydrazine groups is 1. The highest BCUT2D eigenvalue weighted by atomic mass is 35.5. The van der Waals surface area contributed by atoms with Crippen LogP contribution in [0.3, 0.4) is 0 Å². The summed E-state index contributed by atoms with van der Waals surface area (Å²) in [5.74, 6) is 1.03. The molecule has 0 spiro atoms. The van der Waals surface area contributed by atoms with E-state index in [2.05, 4.69) is 37.6 Å². The van der Waals surface area contributed by atoms with Crippen molar-refractivity contribution in [1.82, 2.24) is 20.0 Å². The fourth-order valence-electron chi connectivity index (χ4n) is 1.86. The van der Waals surface area contributed by atoms with Crippen molar-refractivity contribution in [2.45, 2.75) is 32.6 Å². The first kappa shape index (κ1) is 13.3. The summed E-state index contributed by atoms with van der Waals surface area (Å²) < 4.78 is 0. The molecule has 0 aromatic carbocycles. The van der Waals surface area contributed by atoms with Crippen molar-refractivity contribution < 1.29 is 0 Å². The average Bonchev–Trinajstić information content (AvgIpc) is 2.37. The maximum absolute atomic E-state index is 5.89. The van der Waals surface area contributed by atoms with Gasteiger partial charge in [0.05, 0.1) is 0 Å². The van der Waals surface area contributed by atoms with Gasteiger partial charge < -0.3 is 5.32 Å². The van der Waals surface area contributed by atoms with Gasteiger partial charge in [0.15, 0.2) is 0 Å². The number of aromatic nitrogens is 3. The molecule has 7 heteroatoms. The molecule has 1 aliphatic heterocycles. The Morgan fingerprint density at radius 2 is 1.83 bits per heavy atom. The van der Waals surface area contributed by atoms with Crippen LogP contribution in [0.15, 0.2) is 0 Å².